The number of hydrogen-bond donors (Lipinski definition) is 2. The Balaban J connectivity index is 0.000000462. The summed E-state index contributed by atoms with van der Waals surface area (Å²) in [6.07, 6.45) is 5.21. The average Bonchev–Trinajstić information content (AvgIpc) is 3.67. The van der Waals surface area contributed by atoms with Gasteiger partial charge in [0, 0.05) is 36.5 Å². The molecule has 1 aromatic carbocycles. The van der Waals surface area contributed by atoms with Crippen molar-refractivity contribution in [2.24, 2.45) is 0 Å². The second kappa shape index (κ2) is 17.8. The molecule has 2 fully saturated rings. The monoisotopic (exact) mass is 591 g/mol. The molecule has 10 nitrogen and oxygen atoms in total. The van der Waals surface area contributed by atoms with Gasteiger partial charge < -0.3 is 25.4 Å². The normalized spacial score (nSPS) is 18.4. The van der Waals surface area contributed by atoms with Crippen molar-refractivity contribution in [1.82, 2.24) is 29.4 Å². The highest BCUT2D eigenvalue weighted by molar-refractivity contribution is 5.93. The maximum Gasteiger partial charge on any atom is 0.223 e. The Bertz CT molecular complexity index is 1220. The van der Waals surface area contributed by atoms with Crippen LogP contribution in [0.15, 0.2) is 12.1 Å². The summed E-state index contributed by atoms with van der Waals surface area (Å²) in [6.45, 7) is 21.5. The van der Waals surface area contributed by atoms with Gasteiger partial charge in [-0.2, -0.15) is 4.52 Å². The van der Waals surface area contributed by atoms with E-state index in [0.29, 0.717) is 28.9 Å². The molecule has 0 unspecified atom stereocenters. The zero-order valence-corrected chi connectivity index (χ0v) is 27.4. The van der Waals surface area contributed by atoms with E-state index in [2.05, 4.69) is 20.0 Å². The van der Waals surface area contributed by atoms with Crippen LogP contribution < -0.4 is 10.5 Å². The summed E-state index contributed by atoms with van der Waals surface area (Å²) in [5.41, 5.74) is 6.44. The molecule has 42 heavy (non-hydrogen) atoms. The number of ether oxygens (including phenoxy) is 1. The minimum atomic E-state index is -0.510. The second-order valence-electron chi connectivity index (χ2n) is 10.4. The molecule has 3 N–H and O–H groups in total. The molecule has 11 heteroatoms. The fraction of sp³-hybridized carbons (Fsp3) is 0.677. The van der Waals surface area contributed by atoms with Gasteiger partial charge in [0.05, 0.1) is 18.2 Å². The number of benzene rings is 1. The number of anilines is 1. The zero-order chi connectivity index (χ0) is 32.0. The number of rotatable bonds is 5. The fourth-order valence-corrected chi connectivity index (χ4v) is 4.96. The van der Waals surface area contributed by atoms with Crippen molar-refractivity contribution in [3.05, 3.63) is 23.8 Å². The Hall–Kier alpha value is -3.05. The van der Waals surface area contributed by atoms with E-state index >= 15 is 0 Å². The summed E-state index contributed by atoms with van der Waals surface area (Å²) in [6, 6.07) is 3.02. The van der Waals surface area contributed by atoms with Crippen molar-refractivity contribution in [2.45, 2.75) is 106 Å². The minimum Gasteiger partial charge on any atom is -0.494 e. The highest BCUT2D eigenvalue weighted by atomic mass is 19.1. The number of carbonyl (C=O) groups excluding carboxylic acids is 1. The molecule has 5 rings (SSSR count). The van der Waals surface area contributed by atoms with E-state index in [9.17, 15) is 14.3 Å². The number of aliphatic hydroxyl groups is 1. The van der Waals surface area contributed by atoms with E-state index in [1.807, 2.05) is 62.3 Å². The van der Waals surface area contributed by atoms with Crippen LogP contribution in [0.4, 0.5) is 10.3 Å². The van der Waals surface area contributed by atoms with Crippen molar-refractivity contribution in [3.8, 4) is 5.75 Å². The highest BCUT2D eigenvalue weighted by Crippen LogP contribution is 2.31. The summed E-state index contributed by atoms with van der Waals surface area (Å²) in [5, 5.41) is 14.4. The van der Waals surface area contributed by atoms with Crippen LogP contribution in [0.1, 0.15) is 99.7 Å². The lowest BCUT2D eigenvalue weighted by Gasteiger charge is -2.34. The Labute approximate surface area is 251 Å². The van der Waals surface area contributed by atoms with Crippen molar-refractivity contribution in [1.29, 1.82) is 0 Å². The lowest BCUT2D eigenvalue weighted by atomic mass is 9.93. The van der Waals surface area contributed by atoms with Crippen LogP contribution >= 0.6 is 0 Å². The summed E-state index contributed by atoms with van der Waals surface area (Å²) >= 11 is 0. The zero-order valence-electron chi connectivity index (χ0n) is 27.4. The first-order chi connectivity index (χ1) is 20.1. The molecule has 4 heterocycles. The Kier molecular flexibility index (Phi) is 15.7. The van der Waals surface area contributed by atoms with Gasteiger partial charge in [-0.1, -0.05) is 41.5 Å². The first-order valence-corrected chi connectivity index (χ1v) is 15.4. The molecule has 238 valence electrons. The Morgan fingerprint density at radius 3 is 2.26 bits per heavy atom. The maximum atomic E-state index is 14.2. The summed E-state index contributed by atoms with van der Waals surface area (Å²) < 4.78 is 20.6. The number of fused-ring (bicyclic) bond motifs is 3. The first kappa shape index (κ1) is 37.0. The third kappa shape index (κ3) is 9.76. The number of amides is 1. The molecule has 2 aromatic heterocycles. The summed E-state index contributed by atoms with van der Waals surface area (Å²) in [7, 11) is 1.39. The molecule has 0 saturated carbocycles. The van der Waals surface area contributed by atoms with Crippen LogP contribution in [-0.4, -0.2) is 85.8 Å². The molecular weight excluding hydrogens is 537 g/mol. The number of carbonyl (C=O) groups is 1. The molecule has 0 bridgehead atoms. The van der Waals surface area contributed by atoms with E-state index in [0.717, 1.165) is 25.8 Å². The SMILES string of the molecule is CC.CC.CC.CC(C)(O)CN1CCCC1.COc1cc2nc(N)n3nc([C@@H]4CC[C@H](C)N(C=O)C4)nc3c2cc1F. The van der Waals surface area contributed by atoms with Gasteiger partial charge >= 0.3 is 0 Å². The largest absolute Gasteiger partial charge is 0.494 e. The molecule has 0 spiro atoms. The summed E-state index contributed by atoms with van der Waals surface area (Å²) in [5.74, 6) is 0.346. The third-order valence-electron chi connectivity index (χ3n) is 6.83. The number of hydrogen-bond acceptors (Lipinski definition) is 8. The molecular formula is C31H54FN7O3. The molecule has 2 aliphatic rings. The van der Waals surface area contributed by atoms with Crippen LogP contribution in [0.3, 0.4) is 0 Å². The van der Waals surface area contributed by atoms with Crippen LogP contribution in [0.2, 0.25) is 0 Å². The van der Waals surface area contributed by atoms with Gasteiger partial charge in [0.25, 0.3) is 0 Å². The molecule has 2 atom stereocenters. The van der Waals surface area contributed by atoms with Gasteiger partial charge in [-0.25, -0.2) is 14.4 Å². The number of halogens is 1. The number of β-amino-alcohol motifs (C(OH)–C–C–N with tert-alkyl or cyclic N) is 1. The number of nitrogen functional groups attached to an aromatic ring is 1. The minimum absolute atomic E-state index is 0.00819. The van der Waals surface area contributed by atoms with Gasteiger partial charge in [0.2, 0.25) is 12.4 Å². The summed E-state index contributed by atoms with van der Waals surface area (Å²) in [4.78, 5) is 24.2. The maximum absolute atomic E-state index is 14.2. The molecule has 3 aromatic rings. The Morgan fingerprint density at radius 1 is 1.10 bits per heavy atom. The van der Waals surface area contributed by atoms with Gasteiger partial charge in [-0.3, -0.25) is 4.79 Å². The number of likely N-dealkylation sites (tertiary alicyclic amines) is 2. The van der Waals surface area contributed by atoms with Crippen molar-refractivity contribution >= 4 is 28.9 Å². The number of nitrogens with two attached hydrogens (primary N) is 1. The average molecular weight is 592 g/mol. The van der Waals surface area contributed by atoms with Gasteiger partial charge in [-0.05, 0) is 65.6 Å². The van der Waals surface area contributed by atoms with Gasteiger partial charge in [0.1, 0.15) is 0 Å². The van der Waals surface area contributed by atoms with Crippen LogP contribution in [0.5, 0.6) is 5.75 Å². The fourth-order valence-electron chi connectivity index (χ4n) is 4.96. The number of nitrogens with zero attached hydrogens (tertiary/aromatic N) is 6. The van der Waals surface area contributed by atoms with E-state index in [4.69, 9.17) is 10.5 Å². The van der Waals surface area contributed by atoms with Gasteiger partial charge in [0.15, 0.2) is 23.0 Å². The first-order valence-electron chi connectivity index (χ1n) is 15.4. The van der Waals surface area contributed by atoms with Crippen LogP contribution in [-0.2, 0) is 4.79 Å². The molecule has 0 radical (unpaired) electrons. The predicted molar refractivity (Wildman–Crippen MR) is 169 cm³/mol. The lowest BCUT2D eigenvalue weighted by molar-refractivity contribution is -0.121. The van der Waals surface area contributed by atoms with E-state index in [-0.39, 0.29) is 23.7 Å². The van der Waals surface area contributed by atoms with E-state index < -0.39 is 11.4 Å². The van der Waals surface area contributed by atoms with Crippen molar-refractivity contribution in [2.75, 3.05) is 39.0 Å². The van der Waals surface area contributed by atoms with Crippen molar-refractivity contribution in [3.63, 3.8) is 0 Å². The molecule has 1 amide bonds. The van der Waals surface area contributed by atoms with Crippen LogP contribution in [0.25, 0.3) is 16.6 Å². The van der Waals surface area contributed by atoms with Crippen LogP contribution in [0, 0.1) is 5.82 Å². The predicted octanol–water partition coefficient (Wildman–Crippen LogP) is 5.66. The molecule has 2 saturated heterocycles. The number of piperidine rings is 1. The molecule has 0 aliphatic carbocycles. The second-order valence-corrected chi connectivity index (χ2v) is 10.4. The smallest absolute Gasteiger partial charge is 0.223 e. The van der Waals surface area contributed by atoms with Crippen molar-refractivity contribution < 1.29 is 19.0 Å². The molecule has 2 aliphatic heterocycles. The van der Waals surface area contributed by atoms with E-state index in [1.165, 1.54) is 49.7 Å². The third-order valence-corrected chi connectivity index (χ3v) is 6.83. The van der Waals surface area contributed by atoms with E-state index in [1.54, 1.807) is 4.90 Å². The van der Waals surface area contributed by atoms with Gasteiger partial charge in [-0.15, -0.1) is 5.10 Å². The quantitative estimate of drug-likeness (QED) is 0.364. The standard InChI is InChI=1S/C17H19FN6O2.C8H17NO.3C2H6/c1-9-3-4-10(7-23(9)8-25)15-21-16-11-5-12(18)14(26-2)6-13(11)20-17(19)24(16)22-15;1-8(2,10)7-9-5-3-4-6-9;3*1-2/h5-6,8-10H,3-4,7H2,1-2H3,(H2,19,20);10H,3-7H2,1-2H3;3*1-2H3/t9-,10+;;;;/m0..../s1. The topological polar surface area (TPSA) is 122 Å². The number of aromatic nitrogens is 4. The Morgan fingerprint density at radius 2 is 1.71 bits per heavy atom. The number of methoxy groups -OCH3 is 1. The lowest BCUT2D eigenvalue weighted by Crippen LogP contribution is -2.40. The highest BCUT2D eigenvalue weighted by Gasteiger charge is 2.29.